The molecule has 4 rings (SSSR count). The third kappa shape index (κ3) is 3.88. The van der Waals surface area contributed by atoms with Crippen LogP contribution in [0.4, 0.5) is 5.69 Å². The fourth-order valence-electron chi connectivity index (χ4n) is 2.63. The molecule has 0 bridgehead atoms. The standard InChI is InChI=1S/C22H16N2O3/c25-22(20-15-26-24-21(20)16-7-3-1-4-8-16)23-17-11-13-19(14-12-17)27-18-9-5-2-6-10-18/h1-15H,(H,23,25). The van der Waals surface area contributed by atoms with Crippen LogP contribution in [0.2, 0.25) is 0 Å². The van der Waals surface area contributed by atoms with Gasteiger partial charge in [0.1, 0.15) is 29.0 Å². The molecule has 0 unspecified atom stereocenters. The van der Waals surface area contributed by atoms with Gasteiger partial charge in [-0.1, -0.05) is 53.7 Å². The number of aromatic nitrogens is 1. The van der Waals surface area contributed by atoms with E-state index >= 15 is 0 Å². The summed E-state index contributed by atoms with van der Waals surface area (Å²) in [5.41, 5.74) is 2.37. The molecule has 0 saturated carbocycles. The number of amides is 1. The maximum absolute atomic E-state index is 12.6. The van der Waals surface area contributed by atoms with Crippen molar-refractivity contribution in [3.05, 3.63) is 96.8 Å². The minimum Gasteiger partial charge on any atom is -0.457 e. The molecule has 132 valence electrons. The van der Waals surface area contributed by atoms with Gasteiger partial charge in [-0.3, -0.25) is 4.79 Å². The largest absolute Gasteiger partial charge is 0.457 e. The molecule has 0 spiro atoms. The van der Waals surface area contributed by atoms with Gasteiger partial charge >= 0.3 is 0 Å². The van der Waals surface area contributed by atoms with Crippen molar-refractivity contribution < 1.29 is 14.1 Å². The molecular weight excluding hydrogens is 340 g/mol. The SMILES string of the molecule is O=C(Nc1ccc(Oc2ccccc2)cc1)c1conc1-c1ccccc1. The fraction of sp³-hybridized carbons (Fsp3) is 0. The molecule has 1 heterocycles. The second-order valence-electron chi connectivity index (χ2n) is 5.84. The van der Waals surface area contributed by atoms with Gasteiger partial charge in [0, 0.05) is 11.3 Å². The Morgan fingerprint density at radius 2 is 1.44 bits per heavy atom. The molecule has 27 heavy (non-hydrogen) atoms. The van der Waals surface area contributed by atoms with Crippen LogP contribution < -0.4 is 10.1 Å². The zero-order valence-electron chi connectivity index (χ0n) is 14.3. The monoisotopic (exact) mass is 356 g/mol. The minimum absolute atomic E-state index is 0.285. The first-order chi connectivity index (χ1) is 13.3. The van der Waals surface area contributed by atoms with Crippen LogP contribution in [0.25, 0.3) is 11.3 Å². The summed E-state index contributed by atoms with van der Waals surface area (Å²) in [6, 6.07) is 26.1. The number of carbonyl (C=O) groups excluding carboxylic acids is 1. The average molecular weight is 356 g/mol. The van der Waals surface area contributed by atoms with Crippen LogP contribution in [-0.4, -0.2) is 11.1 Å². The van der Waals surface area contributed by atoms with Gasteiger partial charge in [-0.25, -0.2) is 0 Å². The van der Waals surface area contributed by atoms with E-state index in [0.29, 0.717) is 22.7 Å². The number of anilines is 1. The van der Waals surface area contributed by atoms with Gasteiger partial charge in [0.15, 0.2) is 0 Å². The minimum atomic E-state index is -0.285. The second-order valence-corrected chi connectivity index (χ2v) is 5.84. The Kier molecular flexibility index (Phi) is 4.66. The molecule has 0 radical (unpaired) electrons. The van der Waals surface area contributed by atoms with E-state index in [2.05, 4.69) is 10.5 Å². The first-order valence-corrected chi connectivity index (χ1v) is 8.44. The van der Waals surface area contributed by atoms with Crippen molar-refractivity contribution in [2.45, 2.75) is 0 Å². The van der Waals surface area contributed by atoms with Crippen molar-refractivity contribution in [1.82, 2.24) is 5.16 Å². The van der Waals surface area contributed by atoms with E-state index in [1.54, 1.807) is 24.3 Å². The molecule has 0 aliphatic heterocycles. The number of ether oxygens (including phenoxy) is 1. The number of nitrogens with one attached hydrogen (secondary N) is 1. The van der Waals surface area contributed by atoms with Crippen LogP contribution in [0.15, 0.2) is 95.7 Å². The Bertz CT molecular complexity index is 1030. The zero-order chi connectivity index (χ0) is 18.5. The maximum atomic E-state index is 12.6. The van der Waals surface area contributed by atoms with Crippen LogP contribution in [-0.2, 0) is 0 Å². The molecule has 4 aromatic rings. The number of para-hydroxylation sites is 1. The van der Waals surface area contributed by atoms with E-state index in [1.165, 1.54) is 6.26 Å². The Morgan fingerprint density at radius 3 is 2.15 bits per heavy atom. The maximum Gasteiger partial charge on any atom is 0.261 e. The number of hydrogen-bond acceptors (Lipinski definition) is 4. The number of hydrogen-bond donors (Lipinski definition) is 1. The Hall–Kier alpha value is -3.86. The lowest BCUT2D eigenvalue weighted by molar-refractivity contribution is 0.102. The summed E-state index contributed by atoms with van der Waals surface area (Å²) in [6.45, 7) is 0. The smallest absolute Gasteiger partial charge is 0.261 e. The summed E-state index contributed by atoms with van der Waals surface area (Å²) in [5.74, 6) is 1.16. The van der Waals surface area contributed by atoms with E-state index in [4.69, 9.17) is 9.26 Å². The van der Waals surface area contributed by atoms with E-state index < -0.39 is 0 Å². The first kappa shape index (κ1) is 16.6. The van der Waals surface area contributed by atoms with Gasteiger partial charge in [0.05, 0.1) is 0 Å². The van der Waals surface area contributed by atoms with Crippen molar-refractivity contribution in [2.24, 2.45) is 0 Å². The van der Waals surface area contributed by atoms with E-state index in [1.807, 2.05) is 60.7 Å². The molecule has 5 heteroatoms. The molecule has 0 aliphatic rings. The molecular formula is C22H16N2O3. The zero-order valence-corrected chi connectivity index (χ0v) is 14.3. The lowest BCUT2D eigenvalue weighted by Crippen LogP contribution is -2.12. The molecule has 0 atom stereocenters. The highest BCUT2D eigenvalue weighted by atomic mass is 16.5. The van der Waals surface area contributed by atoms with Gasteiger partial charge in [-0.2, -0.15) is 0 Å². The predicted octanol–water partition coefficient (Wildman–Crippen LogP) is 5.39. The summed E-state index contributed by atoms with van der Waals surface area (Å²) < 4.78 is 10.8. The van der Waals surface area contributed by atoms with Crippen LogP contribution in [0.3, 0.4) is 0 Å². The summed E-state index contributed by atoms with van der Waals surface area (Å²) >= 11 is 0. The molecule has 0 aliphatic carbocycles. The lowest BCUT2D eigenvalue weighted by atomic mass is 10.1. The summed E-state index contributed by atoms with van der Waals surface area (Å²) in [6.07, 6.45) is 1.35. The fourth-order valence-corrected chi connectivity index (χ4v) is 2.63. The first-order valence-electron chi connectivity index (χ1n) is 8.44. The molecule has 5 nitrogen and oxygen atoms in total. The van der Waals surface area contributed by atoms with Crippen LogP contribution >= 0.6 is 0 Å². The highest BCUT2D eigenvalue weighted by Crippen LogP contribution is 2.25. The topological polar surface area (TPSA) is 64.4 Å². The van der Waals surface area contributed by atoms with Crippen molar-refractivity contribution in [3.8, 4) is 22.8 Å². The van der Waals surface area contributed by atoms with Gasteiger partial charge in [0.2, 0.25) is 0 Å². The molecule has 1 N–H and O–H groups in total. The van der Waals surface area contributed by atoms with Crippen LogP contribution in [0, 0.1) is 0 Å². The Labute approximate surface area is 156 Å². The highest BCUT2D eigenvalue weighted by Gasteiger charge is 2.17. The third-order valence-electron chi connectivity index (χ3n) is 3.95. The molecule has 1 amide bonds. The van der Waals surface area contributed by atoms with Crippen molar-refractivity contribution in [1.29, 1.82) is 0 Å². The molecule has 0 fully saturated rings. The van der Waals surface area contributed by atoms with Crippen molar-refractivity contribution in [2.75, 3.05) is 5.32 Å². The normalized spacial score (nSPS) is 10.4. The van der Waals surface area contributed by atoms with Gasteiger partial charge < -0.3 is 14.6 Å². The lowest BCUT2D eigenvalue weighted by Gasteiger charge is -2.08. The van der Waals surface area contributed by atoms with Crippen LogP contribution in [0.5, 0.6) is 11.5 Å². The number of rotatable bonds is 5. The van der Waals surface area contributed by atoms with E-state index in [9.17, 15) is 4.79 Å². The van der Waals surface area contributed by atoms with Gasteiger partial charge in [-0.05, 0) is 36.4 Å². The highest BCUT2D eigenvalue weighted by molar-refractivity contribution is 6.07. The third-order valence-corrected chi connectivity index (χ3v) is 3.95. The van der Waals surface area contributed by atoms with Gasteiger partial charge in [0.25, 0.3) is 5.91 Å². The predicted molar refractivity (Wildman–Crippen MR) is 103 cm³/mol. The van der Waals surface area contributed by atoms with Crippen molar-refractivity contribution >= 4 is 11.6 Å². The molecule has 3 aromatic carbocycles. The van der Waals surface area contributed by atoms with Crippen LogP contribution in [0.1, 0.15) is 10.4 Å². The van der Waals surface area contributed by atoms with E-state index in [-0.39, 0.29) is 5.91 Å². The summed E-state index contributed by atoms with van der Waals surface area (Å²) in [4.78, 5) is 12.6. The van der Waals surface area contributed by atoms with Gasteiger partial charge in [-0.15, -0.1) is 0 Å². The Morgan fingerprint density at radius 1 is 0.815 bits per heavy atom. The number of nitrogens with zero attached hydrogens (tertiary/aromatic N) is 1. The Balaban J connectivity index is 1.47. The average Bonchev–Trinajstić information content (AvgIpc) is 3.21. The molecule has 1 aromatic heterocycles. The number of benzene rings is 3. The summed E-state index contributed by atoms with van der Waals surface area (Å²) in [7, 11) is 0. The van der Waals surface area contributed by atoms with E-state index in [0.717, 1.165) is 11.3 Å². The summed E-state index contributed by atoms with van der Waals surface area (Å²) in [5, 5.41) is 6.81. The number of carbonyl (C=O) groups is 1. The molecule has 0 saturated heterocycles. The quantitative estimate of drug-likeness (QED) is 0.521. The second kappa shape index (κ2) is 7.58. The van der Waals surface area contributed by atoms with Crippen molar-refractivity contribution in [3.63, 3.8) is 0 Å².